The van der Waals surface area contributed by atoms with Crippen molar-refractivity contribution in [2.45, 2.75) is 19.0 Å². The Kier molecular flexibility index (Phi) is 5.52. The SMILES string of the molecule is COc1ccnc(NC2CCN(Cc3cc(Br)ccc3OC)C2)n1. The average Bonchev–Trinajstić information content (AvgIpc) is 3.02. The van der Waals surface area contributed by atoms with E-state index < -0.39 is 0 Å². The Hall–Kier alpha value is -1.86. The Morgan fingerprint density at radius 2 is 2.17 bits per heavy atom. The van der Waals surface area contributed by atoms with Gasteiger partial charge in [0.15, 0.2) is 0 Å². The van der Waals surface area contributed by atoms with Crippen molar-refractivity contribution in [1.29, 1.82) is 0 Å². The van der Waals surface area contributed by atoms with Gasteiger partial charge in [0.2, 0.25) is 11.8 Å². The molecule has 0 spiro atoms. The summed E-state index contributed by atoms with van der Waals surface area (Å²) >= 11 is 3.53. The van der Waals surface area contributed by atoms with E-state index in [0.29, 0.717) is 17.9 Å². The van der Waals surface area contributed by atoms with Crippen LogP contribution in [0.15, 0.2) is 34.9 Å². The summed E-state index contributed by atoms with van der Waals surface area (Å²) in [4.78, 5) is 11.0. The fourth-order valence-corrected chi connectivity index (χ4v) is 3.32. The standard InChI is InChI=1S/C17H21BrN4O2/c1-23-15-4-3-13(18)9-12(15)10-22-8-6-14(11-22)20-17-19-7-5-16(21-17)24-2/h3-5,7,9,14H,6,8,10-11H2,1-2H3,(H,19,20,21). The molecule has 0 bridgehead atoms. The fourth-order valence-electron chi connectivity index (χ4n) is 2.91. The highest BCUT2D eigenvalue weighted by atomic mass is 79.9. The Morgan fingerprint density at radius 3 is 2.96 bits per heavy atom. The van der Waals surface area contributed by atoms with E-state index in [0.717, 1.165) is 36.3 Å². The lowest BCUT2D eigenvalue weighted by Gasteiger charge is -2.18. The molecular formula is C17H21BrN4O2. The topological polar surface area (TPSA) is 59.5 Å². The van der Waals surface area contributed by atoms with E-state index in [4.69, 9.17) is 9.47 Å². The molecule has 6 nitrogen and oxygen atoms in total. The van der Waals surface area contributed by atoms with Crippen LogP contribution in [0.25, 0.3) is 0 Å². The third kappa shape index (κ3) is 4.15. The summed E-state index contributed by atoms with van der Waals surface area (Å²) in [7, 11) is 3.32. The van der Waals surface area contributed by atoms with Crippen LogP contribution in [-0.4, -0.2) is 48.2 Å². The molecule has 0 saturated carbocycles. The first kappa shape index (κ1) is 17.0. The Bertz CT molecular complexity index is 698. The Labute approximate surface area is 150 Å². The molecule has 0 aliphatic carbocycles. The van der Waals surface area contributed by atoms with Gasteiger partial charge in [-0.15, -0.1) is 0 Å². The number of likely N-dealkylation sites (tertiary alicyclic amines) is 1. The number of benzene rings is 1. The maximum atomic E-state index is 5.46. The second-order valence-electron chi connectivity index (χ2n) is 5.74. The van der Waals surface area contributed by atoms with Crippen LogP contribution in [0.2, 0.25) is 0 Å². The number of aromatic nitrogens is 2. The van der Waals surface area contributed by atoms with Crippen LogP contribution in [0.3, 0.4) is 0 Å². The number of nitrogens with one attached hydrogen (secondary N) is 1. The zero-order valence-electron chi connectivity index (χ0n) is 13.8. The molecule has 1 aromatic heterocycles. The fraction of sp³-hybridized carbons (Fsp3) is 0.412. The molecule has 24 heavy (non-hydrogen) atoms. The molecule has 1 aromatic carbocycles. The zero-order chi connectivity index (χ0) is 16.9. The summed E-state index contributed by atoms with van der Waals surface area (Å²) in [6.07, 6.45) is 2.75. The lowest BCUT2D eigenvalue weighted by molar-refractivity contribution is 0.318. The number of rotatable bonds is 6. The van der Waals surface area contributed by atoms with Crippen LogP contribution in [0.5, 0.6) is 11.6 Å². The van der Waals surface area contributed by atoms with Crippen molar-refractivity contribution in [3.63, 3.8) is 0 Å². The highest BCUT2D eigenvalue weighted by Gasteiger charge is 2.24. The van der Waals surface area contributed by atoms with E-state index in [1.54, 1.807) is 26.5 Å². The summed E-state index contributed by atoms with van der Waals surface area (Å²) in [5, 5.41) is 3.39. The maximum absolute atomic E-state index is 5.46. The number of ether oxygens (including phenoxy) is 2. The second-order valence-corrected chi connectivity index (χ2v) is 6.66. The van der Waals surface area contributed by atoms with Crippen LogP contribution in [-0.2, 0) is 6.54 Å². The predicted octanol–water partition coefficient (Wildman–Crippen LogP) is 2.94. The number of anilines is 1. The van der Waals surface area contributed by atoms with Crippen LogP contribution < -0.4 is 14.8 Å². The van der Waals surface area contributed by atoms with E-state index in [9.17, 15) is 0 Å². The van der Waals surface area contributed by atoms with Crippen molar-refractivity contribution in [1.82, 2.24) is 14.9 Å². The largest absolute Gasteiger partial charge is 0.496 e. The van der Waals surface area contributed by atoms with Crippen molar-refractivity contribution >= 4 is 21.9 Å². The normalized spacial score (nSPS) is 17.7. The highest BCUT2D eigenvalue weighted by Crippen LogP contribution is 2.26. The highest BCUT2D eigenvalue weighted by molar-refractivity contribution is 9.10. The molecular weight excluding hydrogens is 372 g/mol. The lowest BCUT2D eigenvalue weighted by atomic mass is 10.2. The van der Waals surface area contributed by atoms with Crippen molar-refractivity contribution in [3.8, 4) is 11.6 Å². The molecule has 1 fully saturated rings. The van der Waals surface area contributed by atoms with Gasteiger partial charge in [0.25, 0.3) is 0 Å². The summed E-state index contributed by atoms with van der Waals surface area (Å²) in [5.41, 5.74) is 1.19. The van der Waals surface area contributed by atoms with Gasteiger partial charge in [-0.2, -0.15) is 4.98 Å². The third-order valence-electron chi connectivity index (χ3n) is 4.08. The summed E-state index contributed by atoms with van der Waals surface area (Å²) in [6, 6.07) is 8.18. The molecule has 1 aliphatic heterocycles. The van der Waals surface area contributed by atoms with Gasteiger partial charge in [-0.1, -0.05) is 15.9 Å². The first-order valence-corrected chi connectivity index (χ1v) is 8.65. The first-order chi connectivity index (χ1) is 11.7. The van der Waals surface area contributed by atoms with Crippen molar-refractivity contribution in [2.24, 2.45) is 0 Å². The predicted molar refractivity (Wildman–Crippen MR) is 96.6 cm³/mol. The zero-order valence-corrected chi connectivity index (χ0v) is 15.4. The van der Waals surface area contributed by atoms with Gasteiger partial charge < -0.3 is 14.8 Å². The van der Waals surface area contributed by atoms with Crippen molar-refractivity contribution in [2.75, 3.05) is 32.6 Å². The van der Waals surface area contributed by atoms with Crippen LogP contribution in [0.4, 0.5) is 5.95 Å². The van der Waals surface area contributed by atoms with Gasteiger partial charge in [0.05, 0.1) is 14.2 Å². The molecule has 1 saturated heterocycles. The molecule has 1 unspecified atom stereocenters. The first-order valence-electron chi connectivity index (χ1n) is 7.86. The van der Waals surface area contributed by atoms with E-state index in [1.165, 1.54) is 5.56 Å². The van der Waals surface area contributed by atoms with E-state index in [1.807, 2.05) is 12.1 Å². The average molecular weight is 393 g/mol. The molecule has 0 radical (unpaired) electrons. The van der Waals surface area contributed by atoms with E-state index >= 15 is 0 Å². The minimum absolute atomic E-state index is 0.329. The molecule has 0 amide bonds. The molecule has 1 N–H and O–H groups in total. The van der Waals surface area contributed by atoms with Crippen molar-refractivity contribution < 1.29 is 9.47 Å². The van der Waals surface area contributed by atoms with Gasteiger partial charge in [-0.05, 0) is 24.6 Å². The quantitative estimate of drug-likeness (QED) is 0.815. The van der Waals surface area contributed by atoms with Gasteiger partial charge in [-0.3, -0.25) is 4.90 Å². The van der Waals surface area contributed by atoms with Gasteiger partial charge in [0.1, 0.15) is 5.75 Å². The molecule has 2 aromatic rings. The number of hydrogen-bond acceptors (Lipinski definition) is 6. The summed E-state index contributed by atoms with van der Waals surface area (Å²) < 4.78 is 11.7. The summed E-state index contributed by atoms with van der Waals surface area (Å²) in [6.45, 7) is 2.83. The van der Waals surface area contributed by atoms with Gasteiger partial charge in [0, 0.05) is 48.0 Å². The number of halogens is 1. The van der Waals surface area contributed by atoms with Crippen molar-refractivity contribution in [3.05, 3.63) is 40.5 Å². The Morgan fingerprint density at radius 1 is 1.29 bits per heavy atom. The lowest BCUT2D eigenvalue weighted by Crippen LogP contribution is -2.26. The third-order valence-corrected chi connectivity index (χ3v) is 4.57. The van der Waals surface area contributed by atoms with E-state index in [2.05, 4.69) is 42.2 Å². The molecule has 1 aliphatic rings. The monoisotopic (exact) mass is 392 g/mol. The summed E-state index contributed by atoms with van der Waals surface area (Å²) in [5.74, 6) is 2.10. The Balaban J connectivity index is 1.60. The van der Waals surface area contributed by atoms with E-state index in [-0.39, 0.29) is 0 Å². The van der Waals surface area contributed by atoms with Crippen LogP contribution in [0.1, 0.15) is 12.0 Å². The van der Waals surface area contributed by atoms with Gasteiger partial charge in [-0.25, -0.2) is 4.98 Å². The number of hydrogen-bond donors (Lipinski definition) is 1. The minimum atomic E-state index is 0.329. The smallest absolute Gasteiger partial charge is 0.226 e. The molecule has 2 heterocycles. The number of nitrogens with zero attached hydrogens (tertiary/aromatic N) is 3. The molecule has 1 atom stereocenters. The van der Waals surface area contributed by atoms with Gasteiger partial charge >= 0.3 is 0 Å². The minimum Gasteiger partial charge on any atom is -0.496 e. The molecule has 7 heteroatoms. The molecule has 3 rings (SSSR count). The van der Waals surface area contributed by atoms with Crippen LogP contribution >= 0.6 is 15.9 Å². The number of methoxy groups -OCH3 is 2. The maximum Gasteiger partial charge on any atom is 0.226 e. The van der Waals surface area contributed by atoms with Crippen LogP contribution in [0, 0.1) is 0 Å². The second kappa shape index (κ2) is 7.81. The molecule has 128 valence electrons.